The second-order valence-corrected chi connectivity index (χ2v) is 9.92. The molecule has 0 saturated carbocycles. The van der Waals surface area contributed by atoms with E-state index in [1.807, 2.05) is 0 Å². The topological polar surface area (TPSA) is 24.1 Å². The highest BCUT2D eigenvalue weighted by Crippen LogP contribution is 2.11. The fourth-order valence-corrected chi connectivity index (χ4v) is 4.64. The lowest BCUT2D eigenvalue weighted by Gasteiger charge is -2.07. The van der Waals surface area contributed by atoms with Crippen LogP contribution in [-0.2, 0) is 12.8 Å². The van der Waals surface area contributed by atoms with Crippen LogP contribution in [0, 0.1) is 0 Å². The van der Waals surface area contributed by atoms with Crippen molar-refractivity contribution in [2.24, 2.45) is 0 Å². The van der Waals surface area contributed by atoms with Crippen LogP contribution in [0.5, 0.6) is 0 Å². The summed E-state index contributed by atoms with van der Waals surface area (Å²) in [5.74, 6) is 0. The molecule has 0 amide bonds. The van der Waals surface area contributed by atoms with Crippen LogP contribution in [-0.4, -0.2) is 26.2 Å². The van der Waals surface area contributed by atoms with Gasteiger partial charge in [-0.3, -0.25) is 0 Å². The van der Waals surface area contributed by atoms with Gasteiger partial charge in [0, 0.05) is 13.1 Å². The molecule has 0 aromatic heterocycles. The van der Waals surface area contributed by atoms with E-state index in [4.69, 9.17) is 0 Å². The molecule has 0 aliphatic carbocycles. The Hall–Kier alpha value is -1.64. The highest BCUT2D eigenvalue weighted by atomic mass is 14.9. The van der Waals surface area contributed by atoms with E-state index >= 15 is 0 Å². The number of aryl methyl sites for hydroxylation is 2. The van der Waals surface area contributed by atoms with Crippen molar-refractivity contribution in [3.05, 3.63) is 71.8 Å². The smallest absolute Gasteiger partial charge is 0.00767 e. The zero-order chi connectivity index (χ0) is 23.8. The van der Waals surface area contributed by atoms with Crippen LogP contribution in [0.25, 0.3) is 0 Å². The molecule has 0 bridgehead atoms. The molecule has 2 N–H and O–H groups in total. The summed E-state index contributed by atoms with van der Waals surface area (Å²) < 4.78 is 0. The first-order valence-corrected chi connectivity index (χ1v) is 14.4. The largest absolute Gasteiger partial charge is 0.315 e. The van der Waals surface area contributed by atoms with Crippen molar-refractivity contribution < 1.29 is 0 Å². The summed E-state index contributed by atoms with van der Waals surface area (Å²) in [5.41, 5.74) is 2.98. The van der Waals surface area contributed by atoms with Crippen molar-refractivity contribution in [2.45, 2.75) is 103 Å². The molecule has 2 rings (SSSR count). The molecule has 0 saturated heterocycles. The van der Waals surface area contributed by atoms with Gasteiger partial charge in [0.15, 0.2) is 0 Å². The van der Waals surface area contributed by atoms with Gasteiger partial charge in [-0.1, -0.05) is 125 Å². The fraction of sp³-hybridized carbons (Fsp3) is 0.625. The van der Waals surface area contributed by atoms with Crippen molar-refractivity contribution in [2.75, 3.05) is 26.2 Å². The Balaban J connectivity index is 1.19. The average Bonchev–Trinajstić information content (AvgIpc) is 2.88. The summed E-state index contributed by atoms with van der Waals surface area (Å²) in [7, 11) is 0. The highest BCUT2D eigenvalue weighted by Gasteiger charge is 1.96. The van der Waals surface area contributed by atoms with E-state index in [0.717, 1.165) is 13.1 Å². The third-order valence-electron chi connectivity index (χ3n) is 6.80. The lowest BCUT2D eigenvalue weighted by Crippen LogP contribution is -2.28. The Kier molecular flexibility index (Phi) is 18.4. The standard InChI is InChI=1S/C32H52N2/c1(3-7-13-21-31-23-15-11-16-24-31)5-9-19-27-33-29-30-34-28-20-10-6-2-4-8-14-22-32-25-17-12-18-26-32/h11-12,15-18,23-26,33-34H,1-10,13-14,19-22,27-30H2. The molecule has 0 fully saturated rings. The third-order valence-corrected chi connectivity index (χ3v) is 6.80. The van der Waals surface area contributed by atoms with E-state index in [0.29, 0.717) is 0 Å². The van der Waals surface area contributed by atoms with Crippen molar-refractivity contribution in [3.63, 3.8) is 0 Å². The van der Waals surface area contributed by atoms with Crippen LogP contribution in [0.1, 0.15) is 101 Å². The summed E-state index contributed by atoms with van der Waals surface area (Å²) in [5, 5.41) is 7.19. The van der Waals surface area contributed by atoms with Gasteiger partial charge in [0.05, 0.1) is 0 Å². The van der Waals surface area contributed by atoms with Gasteiger partial charge < -0.3 is 10.6 Å². The van der Waals surface area contributed by atoms with Gasteiger partial charge in [-0.15, -0.1) is 0 Å². The molecule has 0 radical (unpaired) electrons. The maximum Gasteiger partial charge on any atom is 0.00767 e. The Labute approximate surface area is 211 Å². The molecule has 0 atom stereocenters. The minimum atomic E-state index is 1.11. The zero-order valence-corrected chi connectivity index (χ0v) is 21.9. The molecular weight excluding hydrogens is 412 g/mol. The van der Waals surface area contributed by atoms with Crippen LogP contribution in [0.15, 0.2) is 60.7 Å². The first kappa shape index (κ1) is 28.6. The second-order valence-electron chi connectivity index (χ2n) is 9.92. The first-order valence-electron chi connectivity index (χ1n) is 14.4. The summed E-state index contributed by atoms with van der Waals surface area (Å²) >= 11 is 0. The lowest BCUT2D eigenvalue weighted by molar-refractivity contribution is 0.534. The SMILES string of the molecule is c1ccc(CCCCCCCCCNCCNCCCCCCCCCc2ccccc2)cc1. The Bertz CT molecular complexity index is 596. The van der Waals surface area contributed by atoms with E-state index in [1.165, 1.54) is 127 Å². The van der Waals surface area contributed by atoms with Gasteiger partial charge in [0.25, 0.3) is 0 Å². The molecule has 190 valence electrons. The van der Waals surface area contributed by atoms with Gasteiger partial charge in [-0.25, -0.2) is 0 Å². The van der Waals surface area contributed by atoms with Crippen LogP contribution in [0.3, 0.4) is 0 Å². The van der Waals surface area contributed by atoms with Gasteiger partial charge >= 0.3 is 0 Å². The first-order chi connectivity index (χ1) is 16.9. The zero-order valence-electron chi connectivity index (χ0n) is 21.9. The number of nitrogens with one attached hydrogen (secondary N) is 2. The number of unbranched alkanes of at least 4 members (excludes halogenated alkanes) is 12. The molecule has 2 heteroatoms. The molecule has 0 unspecified atom stereocenters. The molecule has 2 aromatic rings. The van der Waals surface area contributed by atoms with Gasteiger partial charge in [0.1, 0.15) is 0 Å². The molecule has 2 aromatic carbocycles. The normalized spacial score (nSPS) is 11.2. The number of rotatable bonds is 23. The third kappa shape index (κ3) is 16.9. The predicted octanol–water partition coefficient (Wildman–Crippen LogP) is 8.11. The minimum absolute atomic E-state index is 1.11. The molecule has 0 aliphatic heterocycles. The quantitative estimate of drug-likeness (QED) is 0.162. The van der Waals surface area contributed by atoms with Crippen LogP contribution in [0.2, 0.25) is 0 Å². The summed E-state index contributed by atoms with van der Waals surface area (Å²) in [4.78, 5) is 0. The summed E-state index contributed by atoms with van der Waals surface area (Å²) in [6.45, 7) is 4.59. The molecule has 0 aliphatic rings. The predicted molar refractivity (Wildman–Crippen MR) is 151 cm³/mol. The van der Waals surface area contributed by atoms with Gasteiger partial charge in [-0.05, 0) is 62.7 Å². The number of benzene rings is 2. The maximum absolute atomic E-state index is 3.59. The second kappa shape index (κ2) is 21.9. The van der Waals surface area contributed by atoms with E-state index in [2.05, 4.69) is 71.3 Å². The molecule has 2 nitrogen and oxygen atoms in total. The maximum atomic E-state index is 3.59. The molecular formula is C32H52N2. The Morgan fingerprint density at radius 3 is 1.03 bits per heavy atom. The summed E-state index contributed by atoms with van der Waals surface area (Å²) in [6.07, 6.45) is 21.8. The highest BCUT2D eigenvalue weighted by molar-refractivity contribution is 5.15. The van der Waals surface area contributed by atoms with Crippen molar-refractivity contribution in [1.82, 2.24) is 10.6 Å². The van der Waals surface area contributed by atoms with Crippen molar-refractivity contribution in [3.8, 4) is 0 Å². The van der Waals surface area contributed by atoms with E-state index in [9.17, 15) is 0 Å². The minimum Gasteiger partial charge on any atom is -0.315 e. The van der Waals surface area contributed by atoms with Crippen molar-refractivity contribution in [1.29, 1.82) is 0 Å². The monoisotopic (exact) mass is 464 g/mol. The Morgan fingerprint density at radius 2 is 0.647 bits per heavy atom. The van der Waals surface area contributed by atoms with E-state index < -0.39 is 0 Å². The van der Waals surface area contributed by atoms with Gasteiger partial charge in [0.2, 0.25) is 0 Å². The van der Waals surface area contributed by atoms with Crippen LogP contribution < -0.4 is 10.6 Å². The lowest BCUT2D eigenvalue weighted by atomic mass is 10.0. The summed E-state index contributed by atoms with van der Waals surface area (Å²) in [6, 6.07) is 21.8. The average molecular weight is 465 g/mol. The van der Waals surface area contributed by atoms with E-state index in [1.54, 1.807) is 0 Å². The Morgan fingerprint density at radius 1 is 0.324 bits per heavy atom. The van der Waals surface area contributed by atoms with Crippen molar-refractivity contribution >= 4 is 0 Å². The molecule has 0 heterocycles. The van der Waals surface area contributed by atoms with Crippen LogP contribution >= 0.6 is 0 Å². The van der Waals surface area contributed by atoms with Crippen LogP contribution in [0.4, 0.5) is 0 Å². The fourth-order valence-electron chi connectivity index (χ4n) is 4.64. The number of hydrogen-bond donors (Lipinski definition) is 2. The van der Waals surface area contributed by atoms with E-state index in [-0.39, 0.29) is 0 Å². The molecule has 34 heavy (non-hydrogen) atoms. The van der Waals surface area contributed by atoms with Gasteiger partial charge in [-0.2, -0.15) is 0 Å². The number of hydrogen-bond acceptors (Lipinski definition) is 2. The molecule has 0 spiro atoms.